The molecule has 1 saturated heterocycles. The maximum absolute atomic E-state index is 11.6. The molecule has 4 heteroatoms. The smallest absolute Gasteiger partial charge is 0.221 e. The summed E-state index contributed by atoms with van der Waals surface area (Å²) in [5.41, 5.74) is 0. The van der Waals surface area contributed by atoms with Gasteiger partial charge in [0.25, 0.3) is 0 Å². The van der Waals surface area contributed by atoms with E-state index in [-0.39, 0.29) is 5.91 Å². The van der Waals surface area contributed by atoms with E-state index in [2.05, 4.69) is 24.1 Å². The largest absolute Gasteiger partial charge is 0.376 e. The predicted molar refractivity (Wildman–Crippen MR) is 62.2 cm³/mol. The van der Waals surface area contributed by atoms with Crippen LogP contribution in [0.15, 0.2) is 0 Å². The van der Waals surface area contributed by atoms with Crippen LogP contribution >= 0.6 is 0 Å². The predicted octanol–water partition coefficient (Wildman–Crippen LogP) is 0.764. The molecule has 2 rings (SSSR count). The topological polar surface area (TPSA) is 41.6 Å². The number of rotatable bonds is 4. The molecule has 0 aromatic rings. The number of ether oxygens (including phenoxy) is 1. The van der Waals surface area contributed by atoms with E-state index in [4.69, 9.17) is 4.74 Å². The second-order valence-electron chi connectivity index (χ2n) is 5.08. The van der Waals surface area contributed by atoms with Gasteiger partial charge in [-0.15, -0.1) is 0 Å². The molecule has 1 aliphatic heterocycles. The van der Waals surface area contributed by atoms with Crippen molar-refractivity contribution >= 4 is 5.91 Å². The molecule has 2 fully saturated rings. The number of carbonyl (C=O) groups excluding carboxylic acids is 1. The zero-order valence-corrected chi connectivity index (χ0v) is 10.2. The van der Waals surface area contributed by atoms with Gasteiger partial charge in [-0.25, -0.2) is 0 Å². The van der Waals surface area contributed by atoms with Crippen molar-refractivity contribution in [2.24, 2.45) is 0 Å². The Hall–Kier alpha value is -0.610. The van der Waals surface area contributed by atoms with E-state index < -0.39 is 0 Å². The van der Waals surface area contributed by atoms with E-state index in [9.17, 15) is 4.79 Å². The van der Waals surface area contributed by atoms with Crippen molar-refractivity contribution in [3.63, 3.8) is 0 Å². The highest BCUT2D eigenvalue weighted by atomic mass is 16.5. The fraction of sp³-hybridized carbons (Fsp3) is 0.917. The quantitative estimate of drug-likeness (QED) is 0.769. The summed E-state index contributed by atoms with van der Waals surface area (Å²) in [4.78, 5) is 13.9. The maximum atomic E-state index is 11.6. The first-order valence-electron chi connectivity index (χ1n) is 6.30. The lowest BCUT2D eigenvalue weighted by Gasteiger charge is -2.36. The first kappa shape index (κ1) is 11.9. The van der Waals surface area contributed by atoms with Gasteiger partial charge in [-0.3, -0.25) is 9.69 Å². The van der Waals surface area contributed by atoms with E-state index in [1.54, 1.807) is 0 Å². The third-order valence-electron chi connectivity index (χ3n) is 3.31. The molecule has 2 unspecified atom stereocenters. The average molecular weight is 226 g/mol. The van der Waals surface area contributed by atoms with Gasteiger partial charge in [0.2, 0.25) is 5.91 Å². The minimum absolute atomic E-state index is 0.203. The van der Waals surface area contributed by atoms with Gasteiger partial charge >= 0.3 is 0 Å². The Bertz CT molecular complexity index is 253. The fourth-order valence-electron chi connectivity index (χ4n) is 2.06. The number of amides is 1. The van der Waals surface area contributed by atoms with Crippen LogP contribution in [0.4, 0.5) is 0 Å². The van der Waals surface area contributed by atoms with Crippen LogP contribution in [0.1, 0.15) is 33.1 Å². The summed E-state index contributed by atoms with van der Waals surface area (Å²) in [7, 11) is 0. The van der Waals surface area contributed by atoms with E-state index in [1.165, 1.54) is 0 Å². The van der Waals surface area contributed by atoms with Gasteiger partial charge in [-0.2, -0.15) is 0 Å². The first-order chi connectivity index (χ1) is 7.65. The van der Waals surface area contributed by atoms with Crippen LogP contribution in [0.25, 0.3) is 0 Å². The third-order valence-corrected chi connectivity index (χ3v) is 3.31. The Morgan fingerprint density at radius 1 is 1.44 bits per heavy atom. The van der Waals surface area contributed by atoms with Crippen LogP contribution in [0.5, 0.6) is 0 Å². The molecule has 0 aromatic heterocycles. The molecule has 1 N–H and O–H groups in total. The molecule has 2 atom stereocenters. The molecule has 0 radical (unpaired) electrons. The minimum Gasteiger partial charge on any atom is -0.376 e. The summed E-state index contributed by atoms with van der Waals surface area (Å²) in [6.07, 6.45) is 3.24. The second kappa shape index (κ2) is 5.15. The van der Waals surface area contributed by atoms with Crippen LogP contribution < -0.4 is 5.32 Å². The van der Waals surface area contributed by atoms with Crippen LogP contribution in [0.2, 0.25) is 0 Å². The number of hydrogen-bond donors (Lipinski definition) is 1. The zero-order valence-electron chi connectivity index (χ0n) is 10.2. The lowest BCUT2D eigenvalue weighted by molar-refractivity contribution is -0.122. The number of nitrogens with one attached hydrogen (secondary N) is 1. The van der Waals surface area contributed by atoms with Gasteiger partial charge in [0.15, 0.2) is 0 Å². The SMILES string of the molecule is CC1CN(CCC(=O)NC2CC2)C(C)CO1. The summed E-state index contributed by atoms with van der Waals surface area (Å²) >= 11 is 0. The molecule has 0 bridgehead atoms. The number of morpholine rings is 1. The molecule has 1 heterocycles. The highest BCUT2D eigenvalue weighted by Gasteiger charge is 2.26. The fourth-order valence-corrected chi connectivity index (χ4v) is 2.06. The lowest BCUT2D eigenvalue weighted by Crippen LogP contribution is -2.48. The van der Waals surface area contributed by atoms with Gasteiger partial charge in [0, 0.05) is 31.6 Å². The molecule has 4 nitrogen and oxygen atoms in total. The van der Waals surface area contributed by atoms with Crippen molar-refractivity contribution < 1.29 is 9.53 Å². The zero-order chi connectivity index (χ0) is 11.5. The second-order valence-corrected chi connectivity index (χ2v) is 5.08. The number of nitrogens with zero attached hydrogens (tertiary/aromatic N) is 1. The first-order valence-corrected chi connectivity index (χ1v) is 6.30. The van der Waals surface area contributed by atoms with Crippen molar-refractivity contribution in [3.8, 4) is 0 Å². The van der Waals surface area contributed by atoms with E-state index in [0.29, 0.717) is 24.6 Å². The lowest BCUT2D eigenvalue weighted by atomic mass is 10.2. The van der Waals surface area contributed by atoms with Gasteiger partial charge in [-0.05, 0) is 26.7 Å². The Balaban J connectivity index is 1.68. The van der Waals surface area contributed by atoms with Crippen LogP contribution in [-0.4, -0.2) is 48.7 Å². The number of hydrogen-bond acceptors (Lipinski definition) is 3. The molecule has 0 spiro atoms. The van der Waals surface area contributed by atoms with Gasteiger partial charge in [0.1, 0.15) is 0 Å². The molecule has 1 saturated carbocycles. The van der Waals surface area contributed by atoms with Crippen molar-refractivity contribution in [1.82, 2.24) is 10.2 Å². The highest BCUT2D eigenvalue weighted by molar-refractivity contribution is 5.76. The van der Waals surface area contributed by atoms with Gasteiger partial charge < -0.3 is 10.1 Å². The maximum Gasteiger partial charge on any atom is 0.221 e. The van der Waals surface area contributed by atoms with Crippen molar-refractivity contribution in [2.75, 3.05) is 19.7 Å². The average Bonchev–Trinajstić information content (AvgIpc) is 3.03. The van der Waals surface area contributed by atoms with Crippen molar-refractivity contribution in [1.29, 1.82) is 0 Å². The summed E-state index contributed by atoms with van der Waals surface area (Å²) in [6.45, 7) is 6.82. The third kappa shape index (κ3) is 3.46. The Labute approximate surface area is 97.3 Å². The standard InChI is InChI=1S/C12H22N2O2/c1-9-8-16-10(2)7-14(9)6-5-12(15)13-11-3-4-11/h9-11H,3-8H2,1-2H3,(H,13,15). The normalized spacial score (nSPS) is 31.4. The molecule has 0 aromatic carbocycles. The molecule has 16 heavy (non-hydrogen) atoms. The van der Waals surface area contributed by atoms with Crippen molar-refractivity contribution in [3.05, 3.63) is 0 Å². The summed E-state index contributed by atoms with van der Waals surface area (Å²) < 4.78 is 5.56. The minimum atomic E-state index is 0.203. The van der Waals surface area contributed by atoms with Crippen LogP contribution in [0.3, 0.4) is 0 Å². The molecular formula is C12H22N2O2. The molecule has 1 aliphatic carbocycles. The van der Waals surface area contributed by atoms with E-state index in [1.807, 2.05) is 0 Å². The van der Waals surface area contributed by atoms with Crippen LogP contribution in [0, 0.1) is 0 Å². The van der Waals surface area contributed by atoms with Crippen molar-refractivity contribution in [2.45, 2.75) is 51.3 Å². The summed E-state index contributed by atoms with van der Waals surface area (Å²) in [5, 5.41) is 3.02. The highest BCUT2D eigenvalue weighted by Crippen LogP contribution is 2.18. The van der Waals surface area contributed by atoms with Gasteiger partial charge in [-0.1, -0.05) is 0 Å². The van der Waals surface area contributed by atoms with Gasteiger partial charge in [0.05, 0.1) is 12.7 Å². The Morgan fingerprint density at radius 2 is 2.19 bits per heavy atom. The van der Waals surface area contributed by atoms with E-state index in [0.717, 1.165) is 32.5 Å². The molecular weight excluding hydrogens is 204 g/mol. The Kier molecular flexibility index (Phi) is 3.82. The van der Waals surface area contributed by atoms with E-state index >= 15 is 0 Å². The molecule has 1 amide bonds. The van der Waals surface area contributed by atoms with Crippen LogP contribution in [-0.2, 0) is 9.53 Å². The number of carbonyl (C=O) groups is 1. The summed E-state index contributed by atoms with van der Waals surface area (Å²) in [6, 6.07) is 0.915. The Morgan fingerprint density at radius 3 is 2.88 bits per heavy atom. The summed E-state index contributed by atoms with van der Waals surface area (Å²) in [5.74, 6) is 0.203. The monoisotopic (exact) mass is 226 g/mol. The molecule has 2 aliphatic rings. The molecule has 92 valence electrons.